The van der Waals surface area contributed by atoms with Gasteiger partial charge in [-0.2, -0.15) is 0 Å². The van der Waals surface area contributed by atoms with Gasteiger partial charge in [-0.1, -0.05) is 0 Å². The van der Waals surface area contributed by atoms with Gasteiger partial charge in [-0.05, 0) is 44.4 Å². The smallest absolute Gasteiger partial charge is 0.323 e. The number of thioether (sulfide) groups is 1. The summed E-state index contributed by atoms with van der Waals surface area (Å²) in [6.07, 6.45) is 2.78. The Kier molecular flexibility index (Phi) is 5.99. The number of esters is 1. The maximum Gasteiger partial charge on any atom is 0.323 e. The van der Waals surface area contributed by atoms with E-state index < -0.39 is 11.6 Å². The van der Waals surface area contributed by atoms with Crippen LogP contribution in [0.2, 0.25) is 0 Å². The van der Waals surface area contributed by atoms with Gasteiger partial charge in [-0.25, -0.2) is 8.78 Å². The van der Waals surface area contributed by atoms with Crippen molar-refractivity contribution in [2.24, 2.45) is 0 Å². The molecule has 0 radical (unpaired) electrons. The molecule has 1 unspecified atom stereocenters. The molecular weight excluding hydrogens is 296 g/mol. The van der Waals surface area contributed by atoms with E-state index in [2.05, 4.69) is 5.32 Å². The monoisotopic (exact) mass is 315 g/mol. The molecule has 0 heterocycles. The first-order valence-electron chi connectivity index (χ1n) is 7.10. The number of nitrogens with one attached hydrogen (secondary N) is 1. The van der Waals surface area contributed by atoms with Gasteiger partial charge in [0.05, 0.1) is 6.61 Å². The van der Waals surface area contributed by atoms with Gasteiger partial charge in [-0.15, -0.1) is 11.8 Å². The van der Waals surface area contributed by atoms with Crippen molar-refractivity contribution >= 4 is 17.7 Å². The summed E-state index contributed by atoms with van der Waals surface area (Å²) < 4.78 is 31.0. The normalized spacial score (nSPS) is 15.8. The topological polar surface area (TPSA) is 38.3 Å². The fourth-order valence-electron chi connectivity index (χ4n) is 1.91. The summed E-state index contributed by atoms with van der Waals surface area (Å²) in [5.41, 5.74) is 0. The zero-order chi connectivity index (χ0) is 15.2. The van der Waals surface area contributed by atoms with Crippen LogP contribution in [-0.2, 0) is 9.53 Å². The van der Waals surface area contributed by atoms with Crippen LogP contribution >= 0.6 is 11.8 Å². The second kappa shape index (κ2) is 7.75. The summed E-state index contributed by atoms with van der Waals surface area (Å²) in [4.78, 5) is 12.5. The van der Waals surface area contributed by atoms with Crippen molar-refractivity contribution in [2.45, 2.75) is 43.2 Å². The summed E-state index contributed by atoms with van der Waals surface area (Å²) in [6, 6.07) is 3.91. The van der Waals surface area contributed by atoms with E-state index in [1.54, 1.807) is 6.92 Å². The maximum absolute atomic E-state index is 13.1. The summed E-state index contributed by atoms with van der Waals surface area (Å²) in [5.74, 6) is -1.30. The molecular formula is C15H19F2NO2S. The van der Waals surface area contributed by atoms with Crippen molar-refractivity contribution in [3.05, 3.63) is 29.8 Å². The Morgan fingerprint density at radius 2 is 2.19 bits per heavy atom. The largest absolute Gasteiger partial charge is 0.465 e. The van der Waals surface area contributed by atoms with Crippen LogP contribution in [0, 0.1) is 11.6 Å². The lowest BCUT2D eigenvalue weighted by molar-refractivity contribution is -0.145. The van der Waals surface area contributed by atoms with E-state index in [0.717, 1.165) is 18.9 Å². The van der Waals surface area contributed by atoms with E-state index >= 15 is 0 Å². The maximum atomic E-state index is 13.1. The van der Waals surface area contributed by atoms with Crippen LogP contribution in [-0.4, -0.2) is 30.4 Å². The molecule has 1 aliphatic rings. The summed E-state index contributed by atoms with van der Waals surface area (Å²) in [7, 11) is 0. The molecule has 1 aliphatic carbocycles. The molecule has 0 bridgehead atoms. The molecule has 0 aliphatic heterocycles. The number of halogens is 2. The number of rotatable bonds is 8. The molecule has 3 nitrogen and oxygen atoms in total. The number of ether oxygens (including phenoxy) is 1. The van der Waals surface area contributed by atoms with Crippen LogP contribution in [0.1, 0.15) is 26.2 Å². The zero-order valence-electron chi connectivity index (χ0n) is 11.9. The number of carbonyl (C=O) groups is 1. The van der Waals surface area contributed by atoms with Crippen molar-refractivity contribution in [2.75, 3.05) is 12.4 Å². The second-order valence-electron chi connectivity index (χ2n) is 4.96. The van der Waals surface area contributed by atoms with Gasteiger partial charge < -0.3 is 10.1 Å². The first-order chi connectivity index (χ1) is 10.1. The minimum Gasteiger partial charge on any atom is -0.465 e. The van der Waals surface area contributed by atoms with Crippen molar-refractivity contribution in [3.8, 4) is 0 Å². The fourth-order valence-corrected chi connectivity index (χ4v) is 2.85. The molecule has 2 rings (SSSR count). The molecule has 1 atom stereocenters. The van der Waals surface area contributed by atoms with Gasteiger partial charge in [0, 0.05) is 16.7 Å². The molecule has 116 valence electrons. The average molecular weight is 315 g/mol. The van der Waals surface area contributed by atoms with E-state index in [1.807, 2.05) is 0 Å². The van der Waals surface area contributed by atoms with Crippen molar-refractivity contribution in [3.63, 3.8) is 0 Å². The van der Waals surface area contributed by atoms with Gasteiger partial charge in [0.25, 0.3) is 0 Å². The minimum absolute atomic E-state index is 0.240. The second-order valence-corrected chi connectivity index (χ2v) is 6.13. The molecule has 1 aromatic carbocycles. The summed E-state index contributed by atoms with van der Waals surface area (Å²) in [5, 5.41) is 3.26. The number of benzene rings is 1. The third-order valence-corrected chi connectivity index (χ3v) is 4.18. The highest BCUT2D eigenvalue weighted by molar-refractivity contribution is 7.99. The predicted octanol–water partition coefficient (Wildman–Crippen LogP) is 3.13. The number of hydrogen-bond donors (Lipinski definition) is 1. The first kappa shape index (κ1) is 16.2. The fraction of sp³-hybridized carbons (Fsp3) is 0.533. The molecule has 0 amide bonds. The van der Waals surface area contributed by atoms with Crippen LogP contribution < -0.4 is 5.32 Å². The lowest BCUT2D eigenvalue weighted by atomic mass is 10.2. The van der Waals surface area contributed by atoms with Crippen LogP contribution in [0.3, 0.4) is 0 Å². The van der Waals surface area contributed by atoms with E-state index in [4.69, 9.17) is 4.74 Å². The molecule has 0 aromatic heterocycles. The van der Waals surface area contributed by atoms with Crippen LogP contribution in [0.5, 0.6) is 0 Å². The van der Waals surface area contributed by atoms with E-state index in [1.165, 1.54) is 23.9 Å². The van der Waals surface area contributed by atoms with E-state index in [9.17, 15) is 13.6 Å². The Hall–Kier alpha value is -1.14. The Morgan fingerprint density at radius 3 is 2.81 bits per heavy atom. The van der Waals surface area contributed by atoms with Crippen LogP contribution in [0.15, 0.2) is 23.1 Å². The third kappa shape index (κ3) is 5.28. The van der Waals surface area contributed by atoms with Crippen molar-refractivity contribution in [1.29, 1.82) is 0 Å². The lowest BCUT2D eigenvalue weighted by Crippen LogP contribution is -2.39. The van der Waals surface area contributed by atoms with Gasteiger partial charge >= 0.3 is 5.97 Å². The highest BCUT2D eigenvalue weighted by atomic mass is 32.2. The van der Waals surface area contributed by atoms with Crippen molar-refractivity contribution in [1.82, 2.24) is 5.32 Å². The lowest BCUT2D eigenvalue weighted by Gasteiger charge is -2.16. The minimum atomic E-state index is -0.849. The van der Waals surface area contributed by atoms with E-state index in [-0.39, 0.29) is 12.0 Å². The highest BCUT2D eigenvalue weighted by Crippen LogP contribution is 2.24. The Bertz CT molecular complexity index is 495. The molecule has 6 heteroatoms. The van der Waals surface area contributed by atoms with Gasteiger partial charge in [0.2, 0.25) is 0 Å². The average Bonchev–Trinajstić information content (AvgIpc) is 3.26. The molecule has 1 aromatic rings. The first-order valence-corrected chi connectivity index (χ1v) is 8.09. The Balaban J connectivity index is 1.82. The Morgan fingerprint density at radius 1 is 1.43 bits per heavy atom. The molecule has 0 saturated heterocycles. The van der Waals surface area contributed by atoms with Gasteiger partial charge in [0.1, 0.15) is 6.04 Å². The quantitative estimate of drug-likeness (QED) is 0.591. The predicted molar refractivity (Wildman–Crippen MR) is 78.3 cm³/mol. The Labute approximate surface area is 127 Å². The molecule has 1 saturated carbocycles. The molecule has 0 spiro atoms. The van der Waals surface area contributed by atoms with Crippen LogP contribution in [0.25, 0.3) is 0 Å². The standard InChI is InChI=1S/C15H19F2NO2S/c1-2-20-15(19)14(18-10-3-4-10)7-8-21-11-5-6-12(16)13(17)9-11/h5-6,9-10,14,18H,2-4,7-8H2,1H3. The van der Waals surface area contributed by atoms with Gasteiger partial charge in [-0.3, -0.25) is 4.79 Å². The molecule has 1 N–H and O–H groups in total. The third-order valence-electron chi connectivity index (χ3n) is 3.15. The number of hydrogen-bond acceptors (Lipinski definition) is 4. The summed E-state index contributed by atoms with van der Waals surface area (Å²) >= 11 is 1.40. The zero-order valence-corrected chi connectivity index (χ0v) is 12.7. The van der Waals surface area contributed by atoms with Gasteiger partial charge in [0.15, 0.2) is 11.6 Å². The summed E-state index contributed by atoms with van der Waals surface area (Å²) in [6.45, 7) is 2.14. The van der Waals surface area contributed by atoms with Crippen molar-refractivity contribution < 1.29 is 18.3 Å². The highest BCUT2D eigenvalue weighted by Gasteiger charge is 2.28. The van der Waals surface area contributed by atoms with E-state index in [0.29, 0.717) is 29.7 Å². The molecule has 21 heavy (non-hydrogen) atoms. The SMILES string of the molecule is CCOC(=O)C(CCSc1ccc(F)c(F)c1)NC1CC1. The number of carbonyl (C=O) groups excluding carboxylic acids is 1. The molecule has 1 fully saturated rings. The van der Waals surface area contributed by atoms with Crippen LogP contribution in [0.4, 0.5) is 8.78 Å².